The van der Waals surface area contributed by atoms with E-state index in [1.54, 1.807) is 18.5 Å². The smallest absolute Gasteiger partial charge is 0.282 e. The van der Waals surface area contributed by atoms with Crippen molar-refractivity contribution in [3.05, 3.63) is 41.2 Å². The van der Waals surface area contributed by atoms with Crippen LogP contribution in [-0.4, -0.2) is 22.8 Å². The van der Waals surface area contributed by atoms with E-state index >= 15 is 0 Å². The molecule has 2 aromatic rings. The lowest BCUT2D eigenvalue weighted by Gasteiger charge is -2.04. The van der Waals surface area contributed by atoms with Crippen LogP contribution in [0.15, 0.2) is 29.2 Å². The maximum atomic E-state index is 10.9. The van der Waals surface area contributed by atoms with Crippen molar-refractivity contribution in [1.29, 1.82) is 5.26 Å². The maximum Gasteiger partial charge on any atom is 0.294 e. The van der Waals surface area contributed by atoms with Crippen LogP contribution in [0.25, 0.3) is 5.69 Å². The molecule has 1 heterocycles. The molecule has 19 heavy (non-hydrogen) atoms. The molecule has 0 aliphatic heterocycles. The van der Waals surface area contributed by atoms with Gasteiger partial charge in [0.15, 0.2) is 0 Å². The largest absolute Gasteiger partial charge is 0.294 e. The Morgan fingerprint density at radius 3 is 2.26 bits per heavy atom. The molecule has 6 nitrogen and oxygen atoms in total. The van der Waals surface area contributed by atoms with Crippen LogP contribution in [0.2, 0.25) is 0 Å². The van der Waals surface area contributed by atoms with Crippen LogP contribution in [0, 0.1) is 25.2 Å². The highest BCUT2D eigenvalue weighted by Gasteiger charge is 2.13. The summed E-state index contributed by atoms with van der Waals surface area (Å²) in [5, 5.41) is 13.2. The monoisotopic (exact) mass is 277 g/mol. The van der Waals surface area contributed by atoms with E-state index in [2.05, 4.69) is 11.2 Å². The zero-order valence-electron chi connectivity index (χ0n) is 10.3. The van der Waals surface area contributed by atoms with E-state index in [1.165, 1.54) is 24.3 Å². The van der Waals surface area contributed by atoms with Gasteiger partial charge in [0, 0.05) is 0 Å². The summed E-state index contributed by atoms with van der Waals surface area (Å²) in [4.78, 5) is -0.182. The average molecular weight is 277 g/mol. The number of aromatic nitrogens is 2. The number of rotatable bonds is 2. The van der Waals surface area contributed by atoms with Gasteiger partial charge >= 0.3 is 0 Å². The molecule has 1 N–H and O–H groups in total. The molecule has 0 saturated carbocycles. The molecule has 0 amide bonds. The van der Waals surface area contributed by atoms with Crippen molar-refractivity contribution in [2.45, 2.75) is 18.7 Å². The summed E-state index contributed by atoms with van der Waals surface area (Å²) >= 11 is 0. The number of hydrogen-bond acceptors (Lipinski definition) is 4. The number of nitrogens with zero attached hydrogens (tertiary/aromatic N) is 3. The predicted octanol–water partition coefficient (Wildman–Crippen LogP) is 1.61. The summed E-state index contributed by atoms with van der Waals surface area (Å²) in [6, 6.07) is 7.67. The Labute approximate surface area is 110 Å². The zero-order valence-corrected chi connectivity index (χ0v) is 11.1. The van der Waals surface area contributed by atoms with Gasteiger partial charge in [-0.25, -0.2) is 4.68 Å². The fourth-order valence-electron chi connectivity index (χ4n) is 1.82. The first-order chi connectivity index (χ1) is 8.84. The van der Waals surface area contributed by atoms with E-state index < -0.39 is 10.1 Å². The third-order valence-corrected chi connectivity index (χ3v) is 3.65. The fraction of sp³-hybridized carbons (Fsp3) is 0.167. The zero-order chi connectivity index (χ0) is 14.2. The van der Waals surface area contributed by atoms with Gasteiger partial charge in [0.1, 0.15) is 6.07 Å². The molecular formula is C12H11N3O3S. The molecule has 7 heteroatoms. The molecule has 0 saturated heterocycles. The van der Waals surface area contributed by atoms with E-state index in [1.807, 2.05) is 0 Å². The van der Waals surface area contributed by atoms with Crippen LogP contribution < -0.4 is 0 Å². The van der Waals surface area contributed by atoms with Crippen molar-refractivity contribution in [2.24, 2.45) is 0 Å². The van der Waals surface area contributed by atoms with Crippen molar-refractivity contribution in [3.8, 4) is 11.8 Å². The van der Waals surface area contributed by atoms with Gasteiger partial charge in [0.05, 0.1) is 27.5 Å². The minimum Gasteiger partial charge on any atom is -0.282 e. The van der Waals surface area contributed by atoms with E-state index in [0.29, 0.717) is 22.6 Å². The topological polar surface area (TPSA) is 96.0 Å². The van der Waals surface area contributed by atoms with Crippen molar-refractivity contribution in [3.63, 3.8) is 0 Å². The number of benzene rings is 1. The van der Waals surface area contributed by atoms with E-state index in [9.17, 15) is 8.42 Å². The first kappa shape index (κ1) is 13.3. The van der Waals surface area contributed by atoms with Crippen LogP contribution in [0.1, 0.15) is 17.0 Å². The molecule has 0 unspecified atom stereocenters. The summed E-state index contributed by atoms with van der Waals surface area (Å²) in [5.74, 6) is 0. The Morgan fingerprint density at radius 2 is 1.84 bits per heavy atom. The summed E-state index contributed by atoms with van der Waals surface area (Å²) in [5.41, 5.74) is 2.41. The summed E-state index contributed by atoms with van der Waals surface area (Å²) in [6.07, 6.45) is 0. The molecule has 0 fully saturated rings. The van der Waals surface area contributed by atoms with Gasteiger partial charge < -0.3 is 0 Å². The molecule has 0 spiro atoms. The van der Waals surface area contributed by atoms with Gasteiger partial charge in [-0.3, -0.25) is 4.55 Å². The van der Waals surface area contributed by atoms with Crippen LogP contribution in [0.4, 0.5) is 0 Å². The van der Waals surface area contributed by atoms with Crippen molar-refractivity contribution >= 4 is 10.1 Å². The number of aryl methyl sites for hydroxylation is 1. The second-order valence-electron chi connectivity index (χ2n) is 4.04. The van der Waals surface area contributed by atoms with Gasteiger partial charge in [-0.1, -0.05) is 0 Å². The Hall–Kier alpha value is -2.17. The molecule has 2 rings (SSSR count). The lowest BCUT2D eigenvalue weighted by Crippen LogP contribution is -2.01. The molecule has 0 atom stereocenters. The van der Waals surface area contributed by atoms with E-state index in [-0.39, 0.29) is 4.90 Å². The third-order valence-electron chi connectivity index (χ3n) is 2.78. The average Bonchev–Trinajstić information content (AvgIpc) is 2.63. The summed E-state index contributed by atoms with van der Waals surface area (Å²) in [6.45, 7) is 3.49. The lowest BCUT2D eigenvalue weighted by molar-refractivity contribution is 0.483. The normalized spacial score (nSPS) is 11.3. The summed E-state index contributed by atoms with van der Waals surface area (Å²) in [7, 11) is -4.20. The standard InChI is InChI=1S/C12H11N3O3S/c1-8-12(7-13)9(2)15(14-8)10-3-5-11(6-4-10)19(16,17)18/h3-6H,1-2H3,(H,16,17,18). The van der Waals surface area contributed by atoms with Gasteiger partial charge in [0.25, 0.3) is 10.1 Å². The predicted molar refractivity (Wildman–Crippen MR) is 67.6 cm³/mol. The van der Waals surface area contributed by atoms with Crippen LogP contribution in [-0.2, 0) is 10.1 Å². The van der Waals surface area contributed by atoms with E-state index in [4.69, 9.17) is 9.81 Å². The molecule has 0 aliphatic carbocycles. The third kappa shape index (κ3) is 2.36. The first-order valence-electron chi connectivity index (χ1n) is 5.39. The van der Waals surface area contributed by atoms with Crippen molar-refractivity contribution < 1.29 is 13.0 Å². The minimum absolute atomic E-state index is 0.182. The second-order valence-corrected chi connectivity index (χ2v) is 5.46. The maximum absolute atomic E-state index is 10.9. The summed E-state index contributed by atoms with van der Waals surface area (Å²) < 4.78 is 32.3. The van der Waals surface area contributed by atoms with E-state index in [0.717, 1.165) is 0 Å². The lowest BCUT2D eigenvalue weighted by atomic mass is 10.2. The number of nitriles is 1. The molecule has 98 valence electrons. The highest BCUT2D eigenvalue weighted by atomic mass is 32.2. The molecule has 0 aliphatic rings. The highest BCUT2D eigenvalue weighted by Crippen LogP contribution is 2.18. The highest BCUT2D eigenvalue weighted by molar-refractivity contribution is 7.85. The van der Waals surface area contributed by atoms with Crippen molar-refractivity contribution in [2.75, 3.05) is 0 Å². The molecule has 1 aromatic heterocycles. The Morgan fingerprint density at radius 1 is 1.26 bits per heavy atom. The van der Waals surface area contributed by atoms with Gasteiger partial charge in [-0.05, 0) is 38.1 Å². The van der Waals surface area contributed by atoms with Crippen LogP contribution in [0.5, 0.6) is 0 Å². The molecule has 0 radical (unpaired) electrons. The van der Waals surface area contributed by atoms with Crippen LogP contribution >= 0.6 is 0 Å². The Kier molecular flexibility index (Phi) is 3.14. The number of hydrogen-bond donors (Lipinski definition) is 1. The van der Waals surface area contributed by atoms with Crippen LogP contribution in [0.3, 0.4) is 0 Å². The quantitative estimate of drug-likeness (QED) is 0.841. The van der Waals surface area contributed by atoms with Gasteiger partial charge in [0.2, 0.25) is 0 Å². The van der Waals surface area contributed by atoms with Gasteiger partial charge in [-0.2, -0.15) is 18.8 Å². The molecule has 0 bridgehead atoms. The Bertz CT molecular complexity index is 768. The minimum atomic E-state index is -4.20. The van der Waals surface area contributed by atoms with Crippen molar-refractivity contribution in [1.82, 2.24) is 9.78 Å². The SMILES string of the molecule is Cc1nn(-c2ccc(S(=O)(=O)O)cc2)c(C)c1C#N. The fourth-order valence-corrected chi connectivity index (χ4v) is 2.30. The molecular weight excluding hydrogens is 266 g/mol. The van der Waals surface area contributed by atoms with Gasteiger partial charge in [-0.15, -0.1) is 0 Å². The Balaban J connectivity index is 2.53. The first-order valence-corrected chi connectivity index (χ1v) is 6.83. The molecule has 1 aromatic carbocycles. The second kappa shape index (κ2) is 4.50.